The Bertz CT molecular complexity index is 832. The Morgan fingerprint density at radius 1 is 0.913 bits per heavy atom. The zero-order chi connectivity index (χ0) is 16.4. The summed E-state index contributed by atoms with van der Waals surface area (Å²) in [6.07, 6.45) is -4.60. The van der Waals surface area contributed by atoms with Crippen LogP contribution in [0.15, 0.2) is 53.6 Å². The normalized spacial score (nSPS) is 11.8. The van der Waals surface area contributed by atoms with Crippen molar-refractivity contribution in [1.82, 2.24) is 9.97 Å². The van der Waals surface area contributed by atoms with Gasteiger partial charge in [0.2, 0.25) is 5.82 Å². The van der Waals surface area contributed by atoms with E-state index in [9.17, 15) is 17.6 Å². The molecular weight excluding hydrogens is 328 g/mol. The molecule has 1 aromatic heterocycles. The smallest absolute Gasteiger partial charge is 0.224 e. The van der Waals surface area contributed by atoms with Crippen LogP contribution in [-0.2, 0) is 11.9 Å². The molecule has 0 fully saturated rings. The number of aromatic nitrogens is 2. The van der Waals surface area contributed by atoms with E-state index >= 15 is 0 Å². The van der Waals surface area contributed by atoms with Crippen molar-refractivity contribution in [2.45, 2.75) is 17.0 Å². The second-order valence-electron chi connectivity index (χ2n) is 4.78. The van der Waals surface area contributed by atoms with Gasteiger partial charge in [-0.25, -0.2) is 14.4 Å². The molecule has 0 atom stereocenters. The number of thioether (sulfide) groups is 1. The van der Waals surface area contributed by atoms with Crippen molar-refractivity contribution in [2.75, 3.05) is 0 Å². The fourth-order valence-electron chi connectivity index (χ4n) is 2.02. The van der Waals surface area contributed by atoms with Crippen LogP contribution in [0.5, 0.6) is 0 Å². The number of nitrogens with zero attached hydrogens (tertiary/aromatic N) is 2. The van der Waals surface area contributed by atoms with Gasteiger partial charge in [-0.3, -0.25) is 0 Å². The van der Waals surface area contributed by atoms with Gasteiger partial charge in [0.15, 0.2) is 0 Å². The summed E-state index contributed by atoms with van der Waals surface area (Å²) in [4.78, 5) is 7.23. The predicted octanol–water partition coefficient (Wildman–Crippen LogP) is 5.08. The molecular formula is C16H10F4N2S. The number of hydrogen-bond donors (Lipinski definition) is 0. The number of rotatable bonds is 3. The molecule has 0 N–H and O–H groups in total. The van der Waals surface area contributed by atoms with E-state index in [1.807, 2.05) is 0 Å². The topological polar surface area (TPSA) is 25.8 Å². The van der Waals surface area contributed by atoms with E-state index in [4.69, 9.17) is 0 Å². The van der Waals surface area contributed by atoms with Gasteiger partial charge in [-0.05, 0) is 23.8 Å². The summed E-state index contributed by atoms with van der Waals surface area (Å²) < 4.78 is 51.7. The third-order valence-electron chi connectivity index (χ3n) is 3.11. The van der Waals surface area contributed by atoms with Crippen molar-refractivity contribution in [3.8, 4) is 0 Å². The number of para-hydroxylation sites is 1. The highest BCUT2D eigenvalue weighted by Crippen LogP contribution is 2.33. The minimum absolute atomic E-state index is 0.247. The van der Waals surface area contributed by atoms with Gasteiger partial charge in [-0.2, -0.15) is 13.2 Å². The van der Waals surface area contributed by atoms with E-state index in [1.54, 1.807) is 30.3 Å². The Morgan fingerprint density at radius 3 is 2.30 bits per heavy atom. The van der Waals surface area contributed by atoms with E-state index < -0.39 is 12.0 Å². The Balaban J connectivity index is 1.96. The third-order valence-corrected chi connectivity index (χ3v) is 4.17. The molecule has 3 rings (SSSR count). The molecule has 3 aromatic rings. The Morgan fingerprint density at radius 2 is 1.61 bits per heavy atom. The molecule has 0 saturated heterocycles. The minimum Gasteiger partial charge on any atom is -0.224 e. The summed E-state index contributed by atoms with van der Waals surface area (Å²) in [7, 11) is 0. The molecule has 0 bridgehead atoms. The highest BCUT2D eigenvalue weighted by molar-refractivity contribution is 7.98. The Hall–Kier alpha value is -2.15. The molecule has 7 heteroatoms. The van der Waals surface area contributed by atoms with Crippen LogP contribution in [0.25, 0.3) is 10.9 Å². The monoisotopic (exact) mass is 338 g/mol. The standard InChI is InChI=1S/C16H10F4N2S/c17-11-7-5-10(6-8-11)9-23-14-12-3-1-2-4-13(12)21-15(22-14)16(18,19)20/h1-8H,9H2. The van der Waals surface area contributed by atoms with Crippen LogP contribution in [0.1, 0.15) is 11.4 Å². The fourth-order valence-corrected chi connectivity index (χ4v) is 2.99. The third kappa shape index (κ3) is 3.61. The van der Waals surface area contributed by atoms with E-state index in [0.29, 0.717) is 11.1 Å². The first-order valence-electron chi connectivity index (χ1n) is 6.65. The largest absolute Gasteiger partial charge is 0.451 e. The highest BCUT2D eigenvalue weighted by atomic mass is 32.2. The lowest BCUT2D eigenvalue weighted by Crippen LogP contribution is -2.11. The summed E-state index contributed by atoms with van der Waals surface area (Å²) in [5.41, 5.74) is 1.05. The molecule has 0 amide bonds. The van der Waals surface area contributed by atoms with Crippen molar-refractivity contribution < 1.29 is 17.6 Å². The maximum absolute atomic E-state index is 12.9. The van der Waals surface area contributed by atoms with E-state index in [1.165, 1.54) is 30.0 Å². The molecule has 1 heterocycles. The van der Waals surface area contributed by atoms with Crippen molar-refractivity contribution >= 4 is 22.7 Å². The SMILES string of the molecule is Fc1ccc(CSc2nc(C(F)(F)F)nc3ccccc23)cc1. The Kier molecular flexibility index (Phi) is 4.21. The van der Waals surface area contributed by atoms with Crippen molar-refractivity contribution in [2.24, 2.45) is 0 Å². The maximum Gasteiger partial charge on any atom is 0.451 e. The van der Waals surface area contributed by atoms with Gasteiger partial charge < -0.3 is 0 Å². The molecule has 23 heavy (non-hydrogen) atoms. The first kappa shape index (κ1) is 15.7. The van der Waals surface area contributed by atoms with Crippen LogP contribution in [0.3, 0.4) is 0 Å². The van der Waals surface area contributed by atoms with E-state index in [-0.39, 0.29) is 16.4 Å². The number of benzene rings is 2. The average molecular weight is 338 g/mol. The van der Waals surface area contributed by atoms with Gasteiger partial charge in [-0.1, -0.05) is 30.3 Å². The van der Waals surface area contributed by atoms with E-state index in [0.717, 1.165) is 5.56 Å². The molecule has 0 saturated carbocycles. The molecule has 0 aliphatic rings. The molecule has 0 aliphatic heterocycles. The van der Waals surface area contributed by atoms with Crippen molar-refractivity contribution in [1.29, 1.82) is 0 Å². The summed E-state index contributed by atoms with van der Waals surface area (Å²) in [6.45, 7) is 0. The summed E-state index contributed by atoms with van der Waals surface area (Å²) in [5.74, 6) is -1.12. The second-order valence-corrected chi connectivity index (χ2v) is 5.75. The van der Waals surface area contributed by atoms with E-state index in [2.05, 4.69) is 9.97 Å². The molecule has 118 valence electrons. The number of halogens is 4. The lowest BCUT2D eigenvalue weighted by atomic mass is 10.2. The fraction of sp³-hybridized carbons (Fsp3) is 0.125. The van der Waals surface area contributed by atoms with Gasteiger partial charge in [0, 0.05) is 11.1 Å². The van der Waals surface area contributed by atoms with Crippen LogP contribution in [0, 0.1) is 5.82 Å². The van der Waals surface area contributed by atoms with Crippen LogP contribution < -0.4 is 0 Å². The van der Waals surface area contributed by atoms with Crippen LogP contribution in [0.4, 0.5) is 17.6 Å². The Labute approximate surface area is 133 Å². The molecule has 2 nitrogen and oxygen atoms in total. The van der Waals surface area contributed by atoms with Gasteiger partial charge in [0.25, 0.3) is 0 Å². The maximum atomic E-state index is 12.9. The second kappa shape index (κ2) is 6.16. The van der Waals surface area contributed by atoms with Gasteiger partial charge in [0.1, 0.15) is 10.8 Å². The number of hydrogen-bond acceptors (Lipinski definition) is 3. The minimum atomic E-state index is -4.60. The lowest BCUT2D eigenvalue weighted by molar-refractivity contribution is -0.145. The van der Waals surface area contributed by atoms with Crippen LogP contribution in [-0.4, -0.2) is 9.97 Å². The van der Waals surface area contributed by atoms with Gasteiger partial charge >= 0.3 is 6.18 Å². The van der Waals surface area contributed by atoms with Crippen molar-refractivity contribution in [3.63, 3.8) is 0 Å². The molecule has 2 aromatic carbocycles. The van der Waals surface area contributed by atoms with Crippen LogP contribution in [0.2, 0.25) is 0 Å². The van der Waals surface area contributed by atoms with Crippen LogP contribution >= 0.6 is 11.8 Å². The molecule has 0 spiro atoms. The molecule has 0 aliphatic carbocycles. The zero-order valence-corrected chi connectivity index (χ0v) is 12.5. The predicted molar refractivity (Wildman–Crippen MR) is 80.5 cm³/mol. The van der Waals surface area contributed by atoms with Crippen molar-refractivity contribution in [3.05, 3.63) is 65.7 Å². The number of fused-ring (bicyclic) bond motifs is 1. The zero-order valence-electron chi connectivity index (χ0n) is 11.6. The quantitative estimate of drug-likeness (QED) is 0.378. The van der Waals surface area contributed by atoms with Gasteiger partial charge in [0.05, 0.1) is 5.52 Å². The summed E-state index contributed by atoms with van der Waals surface area (Å²) in [6, 6.07) is 12.4. The lowest BCUT2D eigenvalue weighted by Gasteiger charge is -2.10. The first-order valence-corrected chi connectivity index (χ1v) is 7.63. The van der Waals surface area contributed by atoms with Gasteiger partial charge in [-0.15, -0.1) is 11.8 Å². The molecule has 0 radical (unpaired) electrons. The average Bonchev–Trinajstić information content (AvgIpc) is 2.53. The highest BCUT2D eigenvalue weighted by Gasteiger charge is 2.35. The summed E-state index contributed by atoms with van der Waals surface area (Å²) in [5, 5.41) is 0.819. The number of alkyl halides is 3. The molecule has 0 unspecified atom stereocenters. The first-order chi connectivity index (χ1) is 10.9. The summed E-state index contributed by atoms with van der Waals surface area (Å²) >= 11 is 1.17.